The van der Waals surface area contributed by atoms with E-state index in [1.807, 2.05) is 0 Å². The summed E-state index contributed by atoms with van der Waals surface area (Å²) in [6.45, 7) is 0. The quantitative estimate of drug-likeness (QED) is 0.394. The lowest BCUT2D eigenvalue weighted by Gasteiger charge is -2.09. The summed E-state index contributed by atoms with van der Waals surface area (Å²) in [5.41, 5.74) is 0.280. The number of hydrogen-bond donors (Lipinski definition) is 1. The Morgan fingerprint density at radius 1 is 1.44 bits per heavy atom. The number of methoxy groups -OCH3 is 2. The van der Waals surface area contributed by atoms with E-state index in [9.17, 15) is 4.39 Å². The number of thioether (sulfide) groups is 1. The molecule has 0 atom stereocenters. The standard InChI is InChI=1S/C11H12FN3O2S/c1-16-8-5-4-7(10(17-2)9(8)12)15-11(18-3)14-6-13/h4-5H,1-3H3,(H,14,15). The van der Waals surface area contributed by atoms with Gasteiger partial charge < -0.3 is 9.47 Å². The minimum Gasteiger partial charge on any atom is -0.494 e. The summed E-state index contributed by atoms with van der Waals surface area (Å²) >= 11 is 1.23. The molecule has 5 nitrogen and oxygen atoms in total. The SMILES string of the molecule is COc1ccc(N=C(NC#N)SC)c(OC)c1F. The van der Waals surface area contributed by atoms with E-state index in [0.717, 1.165) is 0 Å². The van der Waals surface area contributed by atoms with Crippen LogP contribution in [-0.4, -0.2) is 25.6 Å². The zero-order valence-electron chi connectivity index (χ0n) is 10.2. The molecule has 0 unspecified atom stereocenters. The number of nitrogens with one attached hydrogen (secondary N) is 1. The molecule has 7 heteroatoms. The number of benzene rings is 1. The second-order valence-corrected chi connectivity index (χ2v) is 3.79. The van der Waals surface area contributed by atoms with Crippen LogP contribution in [0.3, 0.4) is 0 Å². The van der Waals surface area contributed by atoms with Gasteiger partial charge in [-0.3, -0.25) is 5.32 Å². The summed E-state index contributed by atoms with van der Waals surface area (Å²) in [7, 11) is 2.71. The molecule has 0 radical (unpaired) electrons. The van der Waals surface area contributed by atoms with Gasteiger partial charge in [0.1, 0.15) is 5.69 Å². The molecule has 0 aliphatic heterocycles. The summed E-state index contributed by atoms with van der Waals surface area (Å²) < 4.78 is 23.7. The second-order valence-electron chi connectivity index (χ2n) is 2.99. The van der Waals surface area contributed by atoms with Gasteiger partial charge in [-0.05, 0) is 18.4 Å². The molecule has 96 valence electrons. The van der Waals surface area contributed by atoms with Gasteiger partial charge in [0, 0.05) is 0 Å². The highest BCUT2D eigenvalue weighted by Gasteiger charge is 2.14. The first kappa shape index (κ1) is 14.1. The number of hydrogen-bond acceptors (Lipinski definition) is 5. The lowest BCUT2D eigenvalue weighted by atomic mass is 10.2. The largest absolute Gasteiger partial charge is 0.494 e. The maximum atomic E-state index is 13.9. The smallest absolute Gasteiger partial charge is 0.209 e. The van der Waals surface area contributed by atoms with E-state index in [2.05, 4.69) is 10.3 Å². The van der Waals surface area contributed by atoms with Crippen LogP contribution in [0.2, 0.25) is 0 Å². The van der Waals surface area contributed by atoms with Gasteiger partial charge in [-0.1, -0.05) is 11.8 Å². The highest BCUT2D eigenvalue weighted by atomic mass is 32.2. The van der Waals surface area contributed by atoms with E-state index in [-0.39, 0.29) is 17.2 Å². The van der Waals surface area contributed by atoms with Crippen molar-refractivity contribution in [1.82, 2.24) is 5.32 Å². The molecule has 0 fully saturated rings. The van der Waals surface area contributed by atoms with Crippen LogP contribution in [-0.2, 0) is 0 Å². The van der Waals surface area contributed by atoms with Gasteiger partial charge in [-0.15, -0.1) is 0 Å². The van der Waals surface area contributed by atoms with Crippen LogP contribution in [0.25, 0.3) is 0 Å². The highest BCUT2D eigenvalue weighted by Crippen LogP contribution is 2.36. The van der Waals surface area contributed by atoms with E-state index in [1.54, 1.807) is 18.5 Å². The molecule has 18 heavy (non-hydrogen) atoms. The fraction of sp³-hybridized carbons (Fsp3) is 0.273. The maximum Gasteiger partial charge on any atom is 0.209 e. The summed E-state index contributed by atoms with van der Waals surface area (Å²) in [6, 6.07) is 3.00. The molecule has 1 N–H and O–H groups in total. The van der Waals surface area contributed by atoms with Gasteiger partial charge in [0.15, 0.2) is 22.9 Å². The molecule has 0 saturated heterocycles. The van der Waals surface area contributed by atoms with Crippen LogP contribution >= 0.6 is 11.8 Å². The van der Waals surface area contributed by atoms with Gasteiger partial charge in [-0.2, -0.15) is 9.65 Å². The molecule has 0 aliphatic carbocycles. The number of nitriles is 1. The Morgan fingerprint density at radius 3 is 2.67 bits per heavy atom. The van der Waals surface area contributed by atoms with Gasteiger partial charge in [0.2, 0.25) is 5.82 Å². The van der Waals surface area contributed by atoms with Crippen LogP contribution in [0, 0.1) is 17.3 Å². The van der Waals surface area contributed by atoms with Crippen LogP contribution in [0.5, 0.6) is 11.5 Å². The lowest BCUT2D eigenvalue weighted by molar-refractivity contribution is 0.351. The summed E-state index contributed by atoms with van der Waals surface area (Å²) in [6.07, 6.45) is 3.50. The van der Waals surface area contributed by atoms with Crippen LogP contribution in [0.15, 0.2) is 17.1 Å². The van der Waals surface area contributed by atoms with Crippen molar-refractivity contribution in [2.75, 3.05) is 20.5 Å². The van der Waals surface area contributed by atoms with E-state index >= 15 is 0 Å². The number of ether oxygens (including phenoxy) is 2. The second kappa shape index (κ2) is 6.71. The first-order chi connectivity index (χ1) is 8.67. The minimum atomic E-state index is -0.626. The van der Waals surface area contributed by atoms with E-state index in [0.29, 0.717) is 5.17 Å². The molecule has 0 aliphatic rings. The van der Waals surface area contributed by atoms with Crippen molar-refractivity contribution in [2.24, 2.45) is 4.99 Å². The summed E-state index contributed by atoms with van der Waals surface area (Å²) in [5, 5.41) is 11.3. The number of nitrogens with zero attached hydrogens (tertiary/aromatic N) is 2. The van der Waals surface area contributed by atoms with Crippen molar-refractivity contribution in [3.8, 4) is 17.7 Å². The predicted molar refractivity (Wildman–Crippen MR) is 68.9 cm³/mol. The molecule has 1 rings (SSSR count). The van der Waals surface area contributed by atoms with E-state index in [1.165, 1.54) is 32.0 Å². The number of amidine groups is 1. The zero-order valence-corrected chi connectivity index (χ0v) is 11.0. The van der Waals surface area contributed by atoms with Crippen molar-refractivity contribution in [3.63, 3.8) is 0 Å². The molecular weight excluding hydrogens is 257 g/mol. The fourth-order valence-electron chi connectivity index (χ4n) is 1.25. The minimum absolute atomic E-state index is 0.0272. The van der Waals surface area contributed by atoms with Gasteiger partial charge in [0.25, 0.3) is 0 Å². The van der Waals surface area contributed by atoms with E-state index in [4.69, 9.17) is 14.7 Å². The van der Waals surface area contributed by atoms with Crippen LogP contribution in [0.4, 0.5) is 10.1 Å². The Morgan fingerprint density at radius 2 is 2.17 bits per heavy atom. The molecule has 1 aromatic carbocycles. The van der Waals surface area contributed by atoms with Crippen molar-refractivity contribution in [3.05, 3.63) is 17.9 Å². The fourth-order valence-corrected chi connectivity index (χ4v) is 1.59. The van der Waals surface area contributed by atoms with Gasteiger partial charge in [0.05, 0.1) is 14.2 Å². The Balaban J connectivity index is 3.25. The predicted octanol–water partition coefficient (Wildman–Crippen LogP) is 2.26. The molecule has 0 heterocycles. The van der Waals surface area contributed by atoms with Gasteiger partial charge >= 0.3 is 0 Å². The molecule has 0 spiro atoms. The first-order valence-corrected chi connectivity index (χ1v) is 6.08. The van der Waals surface area contributed by atoms with Crippen LogP contribution < -0.4 is 14.8 Å². The zero-order chi connectivity index (χ0) is 13.5. The van der Waals surface area contributed by atoms with Gasteiger partial charge in [-0.25, -0.2) is 4.99 Å². The average molecular weight is 269 g/mol. The molecule has 0 aromatic heterocycles. The third-order valence-electron chi connectivity index (χ3n) is 2.04. The maximum absolute atomic E-state index is 13.9. The third-order valence-corrected chi connectivity index (χ3v) is 2.62. The normalized spacial score (nSPS) is 10.7. The molecule has 0 bridgehead atoms. The van der Waals surface area contributed by atoms with Crippen molar-refractivity contribution < 1.29 is 13.9 Å². The van der Waals surface area contributed by atoms with Crippen molar-refractivity contribution in [1.29, 1.82) is 5.26 Å². The highest BCUT2D eigenvalue weighted by molar-refractivity contribution is 8.13. The average Bonchev–Trinajstić information content (AvgIpc) is 2.38. The number of rotatable bonds is 3. The van der Waals surface area contributed by atoms with Crippen molar-refractivity contribution in [2.45, 2.75) is 0 Å². The Kier molecular flexibility index (Phi) is 5.27. The lowest BCUT2D eigenvalue weighted by Crippen LogP contribution is -2.12. The molecule has 0 saturated carbocycles. The summed E-state index contributed by atoms with van der Waals surface area (Å²) in [5.74, 6) is -0.580. The number of halogens is 1. The Bertz CT molecular complexity index is 500. The first-order valence-electron chi connectivity index (χ1n) is 4.86. The van der Waals surface area contributed by atoms with Crippen LogP contribution in [0.1, 0.15) is 0 Å². The Hall–Kier alpha value is -1.94. The molecule has 0 amide bonds. The van der Waals surface area contributed by atoms with Crippen molar-refractivity contribution >= 4 is 22.6 Å². The van der Waals surface area contributed by atoms with E-state index < -0.39 is 5.82 Å². The number of aliphatic imine (C=N–C) groups is 1. The summed E-state index contributed by atoms with van der Waals surface area (Å²) in [4.78, 5) is 4.10. The topological polar surface area (TPSA) is 66.6 Å². The molecule has 1 aromatic rings. The monoisotopic (exact) mass is 269 g/mol. The third kappa shape index (κ3) is 3.05. The molecular formula is C11H12FN3O2S. The Labute approximate surface area is 109 Å².